The molecule has 0 fully saturated rings. The van der Waals surface area contributed by atoms with Crippen molar-refractivity contribution in [2.75, 3.05) is 17.6 Å². The van der Waals surface area contributed by atoms with Gasteiger partial charge in [0.15, 0.2) is 0 Å². The third-order valence-corrected chi connectivity index (χ3v) is 3.30. The Kier molecular flexibility index (Phi) is 5.12. The van der Waals surface area contributed by atoms with Gasteiger partial charge in [0.2, 0.25) is 10.0 Å². The molecule has 1 aromatic carbocycles. The molecule has 0 bridgehead atoms. The van der Waals surface area contributed by atoms with Crippen LogP contribution >= 0.6 is 0 Å². The van der Waals surface area contributed by atoms with E-state index in [4.69, 9.17) is 5.14 Å². The molecule has 0 aromatic heterocycles. The first-order valence-electron chi connectivity index (χ1n) is 5.60. The van der Waals surface area contributed by atoms with Gasteiger partial charge in [-0.2, -0.15) is 13.2 Å². The highest BCUT2D eigenvalue weighted by molar-refractivity contribution is 7.89. The Balaban J connectivity index is 2.85. The number of sulfonamides is 1. The average molecular weight is 327 g/mol. The van der Waals surface area contributed by atoms with E-state index in [0.29, 0.717) is 12.1 Å². The SMILES string of the molecule is NS(=O)(=O)CCCNc1ccc(C(F)(F)F)cc1[N+](=O)[O-]. The lowest BCUT2D eigenvalue weighted by molar-refractivity contribution is -0.384. The summed E-state index contributed by atoms with van der Waals surface area (Å²) >= 11 is 0. The van der Waals surface area contributed by atoms with Crippen molar-refractivity contribution in [1.29, 1.82) is 0 Å². The molecule has 0 aliphatic carbocycles. The van der Waals surface area contributed by atoms with Crippen LogP contribution in [-0.2, 0) is 16.2 Å². The van der Waals surface area contributed by atoms with Gasteiger partial charge in [0.25, 0.3) is 5.69 Å². The third-order valence-electron chi connectivity index (χ3n) is 2.44. The molecule has 118 valence electrons. The minimum atomic E-state index is -4.68. The number of nitrogens with two attached hydrogens (primary N) is 1. The van der Waals surface area contributed by atoms with Crippen molar-refractivity contribution in [3.05, 3.63) is 33.9 Å². The van der Waals surface area contributed by atoms with Gasteiger partial charge in [-0.1, -0.05) is 0 Å². The maximum atomic E-state index is 12.5. The monoisotopic (exact) mass is 327 g/mol. The van der Waals surface area contributed by atoms with Crippen molar-refractivity contribution in [2.45, 2.75) is 12.6 Å². The predicted molar refractivity (Wildman–Crippen MR) is 69.2 cm³/mol. The first-order valence-corrected chi connectivity index (χ1v) is 7.32. The molecule has 0 heterocycles. The summed E-state index contributed by atoms with van der Waals surface area (Å²) in [6.07, 6.45) is -4.62. The van der Waals surface area contributed by atoms with Gasteiger partial charge in [-0.15, -0.1) is 0 Å². The van der Waals surface area contributed by atoms with Crippen LogP contribution in [0.1, 0.15) is 12.0 Å². The number of benzene rings is 1. The lowest BCUT2D eigenvalue weighted by atomic mass is 10.1. The standard InChI is InChI=1S/C10H12F3N3O4S/c11-10(12,13)7-2-3-8(9(6-7)16(17)18)15-4-1-5-21(14,19)20/h2-3,6,15H,1,4-5H2,(H2,14,19,20). The molecule has 3 N–H and O–H groups in total. The van der Waals surface area contributed by atoms with E-state index in [-0.39, 0.29) is 24.4 Å². The number of rotatable bonds is 6. The summed E-state index contributed by atoms with van der Waals surface area (Å²) in [5, 5.41) is 18.1. The molecule has 0 unspecified atom stereocenters. The first-order chi connectivity index (χ1) is 9.50. The Hall–Kier alpha value is -1.88. The van der Waals surface area contributed by atoms with Crippen molar-refractivity contribution in [3.63, 3.8) is 0 Å². The highest BCUT2D eigenvalue weighted by atomic mass is 32.2. The van der Waals surface area contributed by atoms with Crippen LogP contribution in [0.2, 0.25) is 0 Å². The number of hydrogen-bond donors (Lipinski definition) is 2. The van der Waals surface area contributed by atoms with Gasteiger partial charge in [0, 0.05) is 12.6 Å². The fraction of sp³-hybridized carbons (Fsp3) is 0.400. The van der Waals surface area contributed by atoms with Crippen LogP contribution in [0, 0.1) is 10.1 Å². The topological polar surface area (TPSA) is 115 Å². The van der Waals surface area contributed by atoms with E-state index in [1.165, 1.54) is 0 Å². The molecule has 7 nitrogen and oxygen atoms in total. The summed E-state index contributed by atoms with van der Waals surface area (Å²) in [6.45, 7) is 0.0165. The molecule has 0 saturated heterocycles. The second kappa shape index (κ2) is 6.26. The van der Waals surface area contributed by atoms with Crippen molar-refractivity contribution in [3.8, 4) is 0 Å². The van der Waals surface area contributed by atoms with Crippen LogP contribution in [0.15, 0.2) is 18.2 Å². The molecule has 0 aliphatic heterocycles. The number of anilines is 1. The molecule has 1 rings (SSSR count). The average Bonchev–Trinajstić information content (AvgIpc) is 2.32. The van der Waals surface area contributed by atoms with Gasteiger partial charge in [-0.25, -0.2) is 13.6 Å². The molecule has 0 spiro atoms. The van der Waals surface area contributed by atoms with Crippen molar-refractivity contribution in [1.82, 2.24) is 0 Å². The van der Waals surface area contributed by atoms with Gasteiger partial charge in [-0.05, 0) is 18.6 Å². The summed E-state index contributed by atoms with van der Waals surface area (Å²) in [5.41, 5.74) is -1.99. The third kappa shape index (κ3) is 5.55. The number of nitrogens with zero attached hydrogens (tertiary/aromatic N) is 1. The summed E-state index contributed by atoms with van der Waals surface area (Å²) in [7, 11) is -3.65. The van der Waals surface area contributed by atoms with Gasteiger partial charge in [0.05, 0.1) is 16.2 Å². The van der Waals surface area contributed by atoms with Crippen molar-refractivity contribution in [2.24, 2.45) is 5.14 Å². The minimum absolute atomic E-state index is 0.0165. The van der Waals surface area contributed by atoms with Crippen LogP contribution in [0.4, 0.5) is 24.5 Å². The number of alkyl halides is 3. The van der Waals surface area contributed by atoms with E-state index in [9.17, 15) is 31.7 Å². The van der Waals surface area contributed by atoms with Gasteiger partial charge in [0.1, 0.15) is 5.69 Å². The fourth-order valence-electron chi connectivity index (χ4n) is 1.50. The van der Waals surface area contributed by atoms with Crippen LogP contribution in [0.25, 0.3) is 0 Å². The summed E-state index contributed by atoms with van der Waals surface area (Å²) in [4.78, 5) is 9.83. The second-order valence-corrected chi connectivity index (χ2v) is 5.87. The van der Waals surface area contributed by atoms with Crippen LogP contribution in [-0.4, -0.2) is 25.6 Å². The Morgan fingerprint density at radius 3 is 2.43 bits per heavy atom. The fourth-order valence-corrected chi connectivity index (χ4v) is 2.05. The number of nitro benzene ring substituents is 1. The molecular formula is C10H12F3N3O4S. The number of hydrogen-bond acceptors (Lipinski definition) is 5. The first kappa shape index (κ1) is 17.2. The second-order valence-electron chi connectivity index (χ2n) is 4.13. The number of primary sulfonamides is 1. The van der Waals surface area contributed by atoms with Gasteiger partial charge >= 0.3 is 6.18 Å². The highest BCUT2D eigenvalue weighted by Crippen LogP contribution is 2.34. The Morgan fingerprint density at radius 2 is 1.95 bits per heavy atom. The normalized spacial score (nSPS) is 12.2. The van der Waals surface area contributed by atoms with E-state index in [2.05, 4.69) is 5.32 Å². The van der Waals surface area contributed by atoms with Gasteiger partial charge < -0.3 is 5.32 Å². The van der Waals surface area contributed by atoms with Gasteiger partial charge in [-0.3, -0.25) is 10.1 Å². The quantitative estimate of drug-likeness (QED) is 0.469. The van der Waals surface area contributed by atoms with E-state index in [1.807, 2.05) is 0 Å². The molecule has 0 amide bonds. The Morgan fingerprint density at radius 1 is 1.33 bits per heavy atom. The number of nitrogens with one attached hydrogen (secondary N) is 1. The molecule has 1 aromatic rings. The molecule has 0 saturated carbocycles. The van der Waals surface area contributed by atoms with Crippen molar-refractivity contribution >= 4 is 21.4 Å². The smallest absolute Gasteiger partial charge is 0.379 e. The summed E-state index contributed by atoms with van der Waals surface area (Å²) < 4.78 is 58.8. The predicted octanol–water partition coefficient (Wildman–Crippen LogP) is 1.70. The zero-order chi connectivity index (χ0) is 16.3. The molecule has 0 radical (unpaired) electrons. The Labute approximate surface area is 118 Å². The van der Waals surface area contributed by atoms with Crippen LogP contribution in [0.5, 0.6) is 0 Å². The minimum Gasteiger partial charge on any atom is -0.379 e. The lowest BCUT2D eigenvalue weighted by Crippen LogP contribution is -2.19. The lowest BCUT2D eigenvalue weighted by Gasteiger charge is -2.10. The maximum absolute atomic E-state index is 12.5. The van der Waals surface area contributed by atoms with E-state index in [1.54, 1.807) is 0 Å². The number of nitro groups is 1. The van der Waals surface area contributed by atoms with E-state index < -0.39 is 32.4 Å². The molecule has 0 aliphatic rings. The molecular weight excluding hydrogens is 315 g/mol. The largest absolute Gasteiger partial charge is 0.416 e. The van der Waals surface area contributed by atoms with E-state index >= 15 is 0 Å². The Bertz CT molecular complexity index is 631. The van der Waals surface area contributed by atoms with E-state index in [0.717, 1.165) is 6.07 Å². The van der Waals surface area contributed by atoms with Crippen molar-refractivity contribution < 1.29 is 26.5 Å². The molecule has 21 heavy (non-hydrogen) atoms. The number of halogens is 3. The van der Waals surface area contributed by atoms with Crippen LogP contribution in [0.3, 0.4) is 0 Å². The summed E-state index contributed by atoms with van der Waals surface area (Å²) in [5.74, 6) is -0.339. The molecule has 11 heteroatoms. The maximum Gasteiger partial charge on any atom is 0.416 e. The highest BCUT2D eigenvalue weighted by Gasteiger charge is 2.32. The summed E-state index contributed by atoms with van der Waals surface area (Å²) in [6, 6.07) is 2.05. The zero-order valence-corrected chi connectivity index (χ0v) is 11.4. The zero-order valence-electron chi connectivity index (χ0n) is 10.6. The van der Waals surface area contributed by atoms with Crippen LogP contribution < -0.4 is 10.5 Å². The molecule has 0 atom stereocenters.